The maximum Gasteiger partial charge on any atom is 0.323 e. The molecule has 0 saturated heterocycles. The van der Waals surface area contributed by atoms with Gasteiger partial charge in [0.05, 0.1) is 24.1 Å². The van der Waals surface area contributed by atoms with Crippen LogP contribution in [0.15, 0.2) is 66.7 Å². The molecule has 0 unspecified atom stereocenters. The van der Waals surface area contributed by atoms with Crippen molar-refractivity contribution < 1.29 is 29.1 Å². The molecule has 0 atom stereocenters. The van der Waals surface area contributed by atoms with Crippen LogP contribution in [-0.2, 0) is 20.8 Å². The summed E-state index contributed by atoms with van der Waals surface area (Å²) >= 11 is 0. The normalized spacial score (nSPS) is 12.4. The highest BCUT2D eigenvalue weighted by Crippen LogP contribution is 2.29. The average molecular weight is 574 g/mol. The number of aryl methyl sites for hydroxylation is 1. The van der Waals surface area contributed by atoms with E-state index in [0.29, 0.717) is 28.3 Å². The molecule has 0 aromatic heterocycles. The quantitative estimate of drug-likeness (QED) is 0.306. The fourth-order valence-electron chi connectivity index (χ4n) is 4.27. The molecule has 42 heavy (non-hydrogen) atoms. The number of likely N-dealkylation sites (N-methyl/N-ethyl adjacent to an activating group) is 1. The summed E-state index contributed by atoms with van der Waals surface area (Å²) < 4.78 is 0. The van der Waals surface area contributed by atoms with Crippen LogP contribution in [0.3, 0.4) is 0 Å². The number of aliphatic carboxylic acids is 1. The van der Waals surface area contributed by atoms with Crippen LogP contribution in [0.2, 0.25) is 0 Å². The molecule has 5 amide bonds. The van der Waals surface area contributed by atoms with E-state index in [1.807, 2.05) is 45.0 Å². The van der Waals surface area contributed by atoms with Gasteiger partial charge in [-0.3, -0.25) is 19.2 Å². The summed E-state index contributed by atoms with van der Waals surface area (Å²) in [6.07, 6.45) is -0.225. The van der Waals surface area contributed by atoms with E-state index in [1.54, 1.807) is 30.3 Å². The molecule has 0 spiro atoms. The van der Waals surface area contributed by atoms with Gasteiger partial charge in [-0.2, -0.15) is 0 Å². The predicted molar refractivity (Wildman–Crippen MR) is 162 cm³/mol. The second-order valence-electron chi connectivity index (χ2n) is 9.40. The number of amides is 5. The molecule has 4 rings (SSSR count). The lowest BCUT2D eigenvalue weighted by Crippen LogP contribution is -2.38. The summed E-state index contributed by atoms with van der Waals surface area (Å²) in [5.41, 5.74) is 3.77. The van der Waals surface area contributed by atoms with Gasteiger partial charge in [0.1, 0.15) is 6.54 Å². The number of carboxylic acids is 1. The first kappa shape index (κ1) is 31.3. The van der Waals surface area contributed by atoms with Crippen LogP contribution in [0.5, 0.6) is 0 Å². The van der Waals surface area contributed by atoms with Gasteiger partial charge in [-0.1, -0.05) is 44.2 Å². The highest BCUT2D eigenvalue weighted by molar-refractivity contribution is 6.10. The number of carbonyl (C=O) groups is 5. The molecule has 3 aromatic carbocycles. The van der Waals surface area contributed by atoms with Crippen molar-refractivity contribution in [2.45, 2.75) is 33.6 Å². The zero-order valence-corrected chi connectivity index (χ0v) is 24.1. The molecule has 4 N–H and O–H groups in total. The Morgan fingerprint density at radius 3 is 2.21 bits per heavy atom. The fraction of sp³-hybridized carbons (Fsp3) is 0.258. The first-order chi connectivity index (χ1) is 20.1. The zero-order chi connectivity index (χ0) is 30.8. The Bertz CT molecular complexity index is 1470. The average Bonchev–Trinajstić information content (AvgIpc) is 3.04. The van der Waals surface area contributed by atoms with Crippen molar-refractivity contribution >= 4 is 52.5 Å². The minimum atomic E-state index is -1.06. The van der Waals surface area contributed by atoms with Crippen molar-refractivity contribution in [3.05, 3.63) is 83.4 Å². The number of hydrogen-bond acceptors (Lipinski definition) is 5. The van der Waals surface area contributed by atoms with Crippen LogP contribution < -0.4 is 20.9 Å². The lowest BCUT2D eigenvalue weighted by Gasteiger charge is -2.22. The second-order valence-corrected chi connectivity index (χ2v) is 9.40. The lowest BCUT2D eigenvalue weighted by atomic mass is 10.1. The summed E-state index contributed by atoms with van der Waals surface area (Å²) in [5.74, 6) is -2.19. The van der Waals surface area contributed by atoms with Gasteiger partial charge >= 0.3 is 12.0 Å². The number of benzene rings is 3. The third-order valence-electron chi connectivity index (χ3n) is 6.34. The number of para-hydroxylation sites is 1. The van der Waals surface area contributed by atoms with E-state index in [1.165, 1.54) is 29.0 Å². The highest BCUT2D eigenvalue weighted by atomic mass is 16.4. The van der Waals surface area contributed by atoms with Crippen molar-refractivity contribution in [1.29, 1.82) is 0 Å². The largest absolute Gasteiger partial charge is 0.481 e. The zero-order valence-electron chi connectivity index (χ0n) is 24.1. The lowest BCUT2D eigenvalue weighted by molar-refractivity contribution is -0.136. The van der Waals surface area contributed by atoms with E-state index < -0.39 is 17.8 Å². The monoisotopic (exact) mass is 573 g/mol. The van der Waals surface area contributed by atoms with Gasteiger partial charge in [0, 0.05) is 30.7 Å². The van der Waals surface area contributed by atoms with Crippen molar-refractivity contribution in [2.75, 3.05) is 41.0 Å². The van der Waals surface area contributed by atoms with Crippen molar-refractivity contribution in [1.82, 2.24) is 4.90 Å². The Morgan fingerprint density at radius 1 is 0.881 bits per heavy atom. The number of rotatable bonds is 8. The molecule has 0 aliphatic carbocycles. The molecule has 220 valence electrons. The van der Waals surface area contributed by atoms with Gasteiger partial charge < -0.3 is 30.9 Å². The third kappa shape index (κ3) is 8.17. The van der Waals surface area contributed by atoms with Gasteiger partial charge in [-0.25, -0.2) is 4.79 Å². The van der Waals surface area contributed by atoms with Crippen LogP contribution in [-0.4, -0.2) is 59.9 Å². The van der Waals surface area contributed by atoms with Crippen LogP contribution in [0.1, 0.15) is 41.8 Å². The maximum atomic E-state index is 12.9. The number of carbonyl (C=O) groups excluding carboxylic acids is 4. The molecule has 1 aliphatic rings. The third-order valence-corrected chi connectivity index (χ3v) is 6.34. The first-order valence-corrected chi connectivity index (χ1v) is 13.5. The second kappa shape index (κ2) is 14.4. The Balaban J connectivity index is 0.00000237. The summed E-state index contributed by atoms with van der Waals surface area (Å²) in [6, 6.07) is 18.5. The topological polar surface area (TPSA) is 148 Å². The van der Waals surface area contributed by atoms with E-state index in [4.69, 9.17) is 5.11 Å². The molecule has 0 saturated carbocycles. The van der Waals surface area contributed by atoms with E-state index in [2.05, 4.69) is 16.0 Å². The van der Waals surface area contributed by atoms with Crippen molar-refractivity contribution in [3.8, 4) is 0 Å². The summed E-state index contributed by atoms with van der Waals surface area (Å²) in [6.45, 7) is 5.63. The predicted octanol–water partition coefficient (Wildman–Crippen LogP) is 4.74. The number of carboxylic acid groups (broad SMARTS) is 1. The van der Waals surface area contributed by atoms with Crippen LogP contribution in [0.4, 0.5) is 27.5 Å². The minimum absolute atomic E-state index is 0.0455. The standard InChI is InChI=1S/C29H29N5O6.C2H6/c1-18-5-3-4-6-23(18)32-29(40)31-20-9-7-19(8-10-20)15-25(35)30-21-11-12-24-22(16-21)28(39)33(2)17-26(36)34(24)14-13-27(37)38;1-2/h3-12,16H,13-15,17H2,1-2H3,(H,30,35)(H,37,38)(H2,31,32,40);1-2H3. The molecule has 3 aromatic rings. The van der Waals surface area contributed by atoms with Gasteiger partial charge in [-0.05, 0) is 54.4 Å². The summed E-state index contributed by atoms with van der Waals surface area (Å²) in [4.78, 5) is 64.2. The number of nitrogens with one attached hydrogen (secondary N) is 3. The van der Waals surface area contributed by atoms with Gasteiger partial charge in [0.2, 0.25) is 11.8 Å². The fourth-order valence-corrected chi connectivity index (χ4v) is 4.27. The number of urea groups is 1. The van der Waals surface area contributed by atoms with Gasteiger partial charge in [0.25, 0.3) is 5.91 Å². The molecule has 1 heterocycles. The van der Waals surface area contributed by atoms with Crippen molar-refractivity contribution in [2.24, 2.45) is 0 Å². The Labute approximate surface area is 244 Å². The maximum absolute atomic E-state index is 12.9. The Morgan fingerprint density at radius 2 is 1.55 bits per heavy atom. The molecular weight excluding hydrogens is 538 g/mol. The van der Waals surface area contributed by atoms with E-state index in [-0.39, 0.29) is 43.4 Å². The summed E-state index contributed by atoms with van der Waals surface area (Å²) in [5, 5.41) is 17.4. The Hall–Kier alpha value is -5.19. The molecular formula is C31H35N5O6. The smallest absolute Gasteiger partial charge is 0.323 e. The highest BCUT2D eigenvalue weighted by Gasteiger charge is 2.30. The summed E-state index contributed by atoms with van der Waals surface area (Å²) in [7, 11) is 1.49. The minimum Gasteiger partial charge on any atom is -0.481 e. The van der Waals surface area contributed by atoms with Crippen molar-refractivity contribution in [3.63, 3.8) is 0 Å². The van der Waals surface area contributed by atoms with Gasteiger partial charge in [0.15, 0.2) is 0 Å². The number of hydrogen-bond donors (Lipinski definition) is 4. The van der Waals surface area contributed by atoms with Crippen LogP contribution >= 0.6 is 0 Å². The van der Waals surface area contributed by atoms with E-state index in [0.717, 1.165) is 5.56 Å². The van der Waals surface area contributed by atoms with Crippen LogP contribution in [0.25, 0.3) is 0 Å². The van der Waals surface area contributed by atoms with E-state index in [9.17, 15) is 24.0 Å². The van der Waals surface area contributed by atoms with E-state index >= 15 is 0 Å². The molecule has 0 fully saturated rings. The number of fused-ring (bicyclic) bond motifs is 1. The first-order valence-electron chi connectivity index (χ1n) is 13.5. The molecule has 11 nitrogen and oxygen atoms in total. The molecule has 0 radical (unpaired) electrons. The number of nitrogens with zero attached hydrogens (tertiary/aromatic N) is 2. The molecule has 11 heteroatoms. The van der Waals surface area contributed by atoms with Gasteiger partial charge in [-0.15, -0.1) is 0 Å². The number of anilines is 4. The van der Waals surface area contributed by atoms with Crippen LogP contribution in [0, 0.1) is 6.92 Å². The molecule has 1 aliphatic heterocycles. The molecule has 0 bridgehead atoms. The Kier molecular flexibility index (Phi) is 10.8. The SMILES string of the molecule is CC.Cc1ccccc1NC(=O)Nc1ccc(CC(=O)Nc2ccc3c(c2)C(=O)N(C)CC(=O)N3CCC(=O)O)cc1.